The van der Waals surface area contributed by atoms with Crippen molar-refractivity contribution >= 4 is 60.4 Å². The van der Waals surface area contributed by atoms with Gasteiger partial charge in [-0.25, -0.2) is 0 Å². The van der Waals surface area contributed by atoms with E-state index in [-0.39, 0.29) is 5.41 Å². The van der Waals surface area contributed by atoms with Crippen LogP contribution in [0, 0.1) is 0 Å². The Morgan fingerprint density at radius 3 is 1.64 bits per heavy atom. The fourth-order valence-corrected chi connectivity index (χ4v) is 9.28. The van der Waals surface area contributed by atoms with E-state index in [0.717, 1.165) is 17.1 Å². The van der Waals surface area contributed by atoms with E-state index in [1.54, 1.807) is 0 Å². The lowest BCUT2D eigenvalue weighted by Gasteiger charge is -2.29. The normalized spacial score (nSPS) is 13.1. The zero-order chi connectivity index (χ0) is 36.7. The van der Waals surface area contributed by atoms with E-state index in [1.165, 1.54) is 82.4 Å². The summed E-state index contributed by atoms with van der Waals surface area (Å²) in [6, 6.07) is 71.4. The summed E-state index contributed by atoms with van der Waals surface area (Å²) in [5.74, 6) is 0. The number of anilines is 3. The Balaban J connectivity index is 1.04. The van der Waals surface area contributed by atoms with Gasteiger partial charge in [0.2, 0.25) is 0 Å². The Labute approximate surface area is 321 Å². The minimum Gasteiger partial charge on any atom is -0.310 e. The summed E-state index contributed by atoms with van der Waals surface area (Å²) in [7, 11) is 0. The molecule has 1 heterocycles. The van der Waals surface area contributed by atoms with Gasteiger partial charge < -0.3 is 9.47 Å². The lowest BCUT2D eigenvalue weighted by Crippen LogP contribution is -2.16. The zero-order valence-electron chi connectivity index (χ0n) is 30.9. The van der Waals surface area contributed by atoms with Gasteiger partial charge in [0.25, 0.3) is 0 Å². The maximum atomic E-state index is 2.46. The summed E-state index contributed by atoms with van der Waals surface area (Å²) in [5.41, 5.74) is 14.7. The molecule has 1 aliphatic rings. The topological polar surface area (TPSA) is 8.17 Å². The third-order valence-corrected chi connectivity index (χ3v) is 12.0. The van der Waals surface area contributed by atoms with Crippen molar-refractivity contribution in [1.82, 2.24) is 4.57 Å². The predicted octanol–water partition coefficient (Wildman–Crippen LogP) is 14.5. The van der Waals surface area contributed by atoms with Gasteiger partial charge in [-0.05, 0) is 104 Å². The highest BCUT2D eigenvalue weighted by atomic mass is 15.1. The Morgan fingerprint density at radius 1 is 0.400 bits per heavy atom. The number of benzene rings is 9. The second-order valence-corrected chi connectivity index (χ2v) is 15.4. The summed E-state index contributed by atoms with van der Waals surface area (Å²) in [6.07, 6.45) is 0. The molecule has 0 fully saturated rings. The molecule has 0 saturated carbocycles. The molecule has 0 bridgehead atoms. The number of para-hydroxylation sites is 2. The fraction of sp³-hybridized carbons (Fsp3) is 0.0566. The SMILES string of the molecule is CC1(C)c2ccccc2-c2ccc(N(c3ccc(-c4ccc(-n5c6ccccc6c6ccccc65)cc4)cc3)c3cc4ccccc4c4ccccc34)cc21. The molecule has 0 atom stereocenters. The second kappa shape index (κ2) is 12.1. The molecule has 0 aliphatic heterocycles. The van der Waals surface area contributed by atoms with Crippen LogP contribution in [0.5, 0.6) is 0 Å². The van der Waals surface area contributed by atoms with E-state index in [4.69, 9.17) is 0 Å². The van der Waals surface area contributed by atoms with Crippen LogP contribution in [0.4, 0.5) is 17.1 Å². The molecule has 0 saturated heterocycles. The predicted molar refractivity (Wildman–Crippen MR) is 233 cm³/mol. The van der Waals surface area contributed by atoms with E-state index < -0.39 is 0 Å². The number of nitrogens with zero attached hydrogens (tertiary/aromatic N) is 2. The molecule has 11 rings (SSSR count). The summed E-state index contributed by atoms with van der Waals surface area (Å²) in [5, 5.41) is 7.54. The molecule has 2 heteroatoms. The molecule has 0 radical (unpaired) electrons. The maximum absolute atomic E-state index is 2.46. The summed E-state index contributed by atoms with van der Waals surface area (Å²) in [4.78, 5) is 2.46. The number of fused-ring (bicyclic) bond motifs is 9. The molecule has 1 aliphatic carbocycles. The van der Waals surface area contributed by atoms with Gasteiger partial charge in [-0.3, -0.25) is 0 Å². The van der Waals surface area contributed by atoms with Crippen LogP contribution >= 0.6 is 0 Å². The van der Waals surface area contributed by atoms with Crippen molar-refractivity contribution < 1.29 is 0 Å². The molecular formula is C53H38N2. The molecule has 0 spiro atoms. The first kappa shape index (κ1) is 31.6. The largest absolute Gasteiger partial charge is 0.310 e. The molecule has 0 unspecified atom stereocenters. The van der Waals surface area contributed by atoms with Crippen LogP contribution in [0.15, 0.2) is 194 Å². The quantitative estimate of drug-likeness (QED) is 0.162. The Hall–Kier alpha value is -6.90. The number of rotatable bonds is 5. The third-order valence-electron chi connectivity index (χ3n) is 12.0. The van der Waals surface area contributed by atoms with Crippen LogP contribution in [0.1, 0.15) is 25.0 Å². The average Bonchev–Trinajstić information content (AvgIpc) is 3.70. The van der Waals surface area contributed by atoms with Gasteiger partial charge in [0.1, 0.15) is 0 Å². The molecule has 10 aromatic rings. The molecule has 260 valence electrons. The van der Waals surface area contributed by atoms with E-state index in [0.29, 0.717) is 0 Å². The van der Waals surface area contributed by atoms with E-state index in [2.05, 4.69) is 217 Å². The molecule has 0 N–H and O–H groups in total. The van der Waals surface area contributed by atoms with Crippen LogP contribution < -0.4 is 4.90 Å². The van der Waals surface area contributed by atoms with E-state index in [9.17, 15) is 0 Å². The zero-order valence-corrected chi connectivity index (χ0v) is 30.9. The minimum absolute atomic E-state index is 0.103. The van der Waals surface area contributed by atoms with Gasteiger partial charge in [-0.15, -0.1) is 0 Å². The number of hydrogen-bond acceptors (Lipinski definition) is 1. The highest BCUT2D eigenvalue weighted by Gasteiger charge is 2.35. The van der Waals surface area contributed by atoms with Gasteiger partial charge in [0.15, 0.2) is 0 Å². The highest BCUT2D eigenvalue weighted by molar-refractivity contribution is 6.15. The summed E-state index contributed by atoms with van der Waals surface area (Å²) < 4.78 is 2.37. The van der Waals surface area contributed by atoms with Crippen molar-refractivity contribution in [2.24, 2.45) is 0 Å². The standard InChI is InChI=1S/C53H38N2/c1-53(2)48-20-10-7-16-43(48)44-32-31-40(34-49(44)53)54(52-33-37-13-3-4-14-41(37)42-15-5-6-17-45(42)52)38-27-23-35(24-28-38)36-25-29-39(30-26-36)55-50-21-11-8-18-46(50)47-19-9-12-22-51(47)55/h3-34H,1-2H3. The van der Waals surface area contributed by atoms with Crippen molar-refractivity contribution in [2.75, 3.05) is 4.90 Å². The Morgan fingerprint density at radius 2 is 0.927 bits per heavy atom. The second-order valence-electron chi connectivity index (χ2n) is 15.4. The van der Waals surface area contributed by atoms with Crippen LogP contribution in [0.3, 0.4) is 0 Å². The first-order valence-electron chi connectivity index (χ1n) is 19.2. The van der Waals surface area contributed by atoms with Crippen molar-refractivity contribution in [3.63, 3.8) is 0 Å². The fourth-order valence-electron chi connectivity index (χ4n) is 9.28. The highest BCUT2D eigenvalue weighted by Crippen LogP contribution is 2.51. The van der Waals surface area contributed by atoms with Crippen molar-refractivity contribution in [3.8, 4) is 27.9 Å². The maximum Gasteiger partial charge on any atom is 0.0546 e. The molecule has 55 heavy (non-hydrogen) atoms. The van der Waals surface area contributed by atoms with Gasteiger partial charge in [-0.2, -0.15) is 0 Å². The lowest BCUT2D eigenvalue weighted by molar-refractivity contribution is 0.660. The first-order chi connectivity index (χ1) is 27.0. The summed E-state index contributed by atoms with van der Waals surface area (Å²) >= 11 is 0. The Kier molecular flexibility index (Phi) is 6.93. The molecule has 1 aromatic heterocycles. The van der Waals surface area contributed by atoms with Crippen LogP contribution in [-0.2, 0) is 5.41 Å². The lowest BCUT2D eigenvalue weighted by atomic mass is 9.82. The molecular weight excluding hydrogens is 665 g/mol. The van der Waals surface area contributed by atoms with Gasteiger partial charge >= 0.3 is 0 Å². The van der Waals surface area contributed by atoms with Crippen molar-refractivity contribution in [1.29, 1.82) is 0 Å². The molecule has 2 nitrogen and oxygen atoms in total. The molecule has 0 amide bonds. The van der Waals surface area contributed by atoms with Crippen LogP contribution in [0.2, 0.25) is 0 Å². The monoisotopic (exact) mass is 702 g/mol. The van der Waals surface area contributed by atoms with E-state index in [1.807, 2.05) is 0 Å². The number of hydrogen-bond donors (Lipinski definition) is 0. The summed E-state index contributed by atoms with van der Waals surface area (Å²) in [6.45, 7) is 4.72. The average molecular weight is 703 g/mol. The van der Waals surface area contributed by atoms with Crippen LogP contribution in [-0.4, -0.2) is 4.57 Å². The van der Waals surface area contributed by atoms with Crippen LogP contribution in [0.25, 0.3) is 71.3 Å². The third kappa shape index (κ3) is 4.81. The van der Waals surface area contributed by atoms with Crippen molar-refractivity contribution in [3.05, 3.63) is 205 Å². The van der Waals surface area contributed by atoms with Gasteiger partial charge in [0, 0.05) is 38.6 Å². The number of aromatic nitrogens is 1. The Bertz CT molecular complexity index is 3060. The minimum atomic E-state index is -0.103. The van der Waals surface area contributed by atoms with E-state index >= 15 is 0 Å². The first-order valence-corrected chi connectivity index (χ1v) is 19.2. The van der Waals surface area contributed by atoms with Crippen molar-refractivity contribution in [2.45, 2.75) is 19.3 Å². The van der Waals surface area contributed by atoms with Gasteiger partial charge in [0.05, 0.1) is 16.7 Å². The van der Waals surface area contributed by atoms with Gasteiger partial charge in [-0.1, -0.05) is 153 Å². The smallest absolute Gasteiger partial charge is 0.0546 e. The molecule has 9 aromatic carbocycles.